The van der Waals surface area contributed by atoms with Gasteiger partial charge in [-0.1, -0.05) is 0 Å². The molecule has 0 bridgehead atoms. The van der Waals surface area contributed by atoms with E-state index in [0.29, 0.717) is 24.3 Å². The zero-order valence-corrected chi connectivity index (χ0v) is 12.5. The van der Waals surface area contributed by atoms with Gasteiger partial charge in [-0.2, -0.15) is 0 Å². The summed E-state index contributed by atoms with van der Waals surface area (Å²) in [5.41, 5.74) is 0.854. The van der Waals surface area contributed by atoms with Gasteiger partial charge in [-0.3, -0.25) is 14.5 Å². The molecule has 1 heterocycles. The van der Waals surface area contributed by atoms with Crippen LogP contribution in [0.4, 0.5) is 0 Å². The van der Waals surface area contributed by atoms with Crippen molar-refractivity contribution in [1.29, 1.82) is 0 Å². The Morgan fingerprint density at radius 3 is 2.38 bits per heavy atom. The van der Waals surface area contributed by atoms with Gasteiger partial charge < -0.3 is 14.8 Å². The number of nitrogens with one attached hydrogen (secondary N) is 1. The van der Waals surface area contributed by atoms with E-state index >= 15 is 0 Å². The monoisotopic (exact) mass is 292 g/mol. The number of carbonyl (C=O) groups is 2. The summed E-state index contributed by atoms with van der Waals surface area (Å²) in [5.74, 6) is 1.14. The molecule has 0 aliphatic carbocycles. The average Bonchev–Trinajstić information content (AvgIpc) is 2.83. The van der Waals surface area contributed by atoms with Gasteiger partial charge in [-0.15, -0.1) is 0 Å². The van der Waals surface area contributed by atoms with Crippen LogP contribution in [0.5, 0.6) is 11.5 Å². The molecule has 1 unspecified atom stereocenters. The Bertz CT molecular complexity index is 528. The minimum Gasteiger partial charge on any atom is -0.497 e. The number of likely N-dealkylation sites (tertiary alicyclic amines) is 1. The number of benzene rings is 1. The minimum atomic E-state index is -0.207. The van der Waals surface area contributed by atoms with Crippen molar-refractivity contribution in [2.45, 2.75) is 18.9 Å². The van der Waals surface area contributed by atoms with Crippen LogP contribution in [0.2, 0.25) is 0 Å². The van der Waals surface area contributed by atoms with Gasteiger partial charge in [0.1, 0.15) is 11.5 Å². The second kappa shape index (κ2) is 6.58. The smallest absolute Gasteiger partial charge is 0.229 e. The van der Waals surface area contributed by atoms with Crippen LogP contribution in [0.3, 0.4) is 0 Å². The maximum absolute atomic E-state index is 11.8. The highest BCUT2D eigenvalue weighted by Crippen LogP contribution is 2.30. The molecule has 114 valence electrons. The first kappa shape index (κ1) is 15.3. The first-order valence-electron chi connectivity index (χ1n) is 6.83. The summed E-state index contributed by atoms with van der Waals surface area (Å²) >= 11 is 0. The maximum atomic E-state index is 11.8. The third kappa shape index (κ3) is 3.16. The fourth-order valence-electron chi connectivity index (χ4n) is 2.47. The van der Waals surface area contributed by atoms with Crippen molar-refractivity contribution < 1.29 is 19.1 Å². The lowest BCUT2D eigenvalue weighted by molar-refractivity contribution is -0.138. The molecule has 0 radical (unpaired) electrons. The van der Waals surface area contributed by atoms with Gasteiger partial charge in [0, 0.05) is 24.9 Å². The van der Waals surface area contributed by atoms with Gasteiger partial charge in [0.15, 0.2) is 0 Å². The maximum Gasteiger partial charge on any atom is 0.229 e. The number of hydrogen-bond donors (Lipinski definition) is 1. The molecular weight excluding hydrogens is 272 g/mol. The number of nitrogens with zero attached hydrogens (tertiary/aromatic N) is 1. The number of likely N-dealkylation sites (N-methyl/N-ethyl adjacent to an activating group) is 1. The highest BCUT2D eigenvalue weighted by atomic mass is 16.5. The molecule has 1 atom stereocenters. The van der Waals surface area contributed by atoms with E-state index in [1.54, 1.807) is 27.3 Å². The third-order valence-corrected chi connectivity index (χ3v) is 3.68. The molecule has 6 nitrogen and oxygen atoms in total. The largest absolute Gasteiger partial charge is 0.497 e. The SMILES string of the molecule is CNC(CN1C(=O)CCC1=O)c1cc(OC)ccc1OC. The zero-order valence-electron chi connectivity index (χ0n) is 12.5. The van der Waals surface area contributed by atoms with Gasteiger partial charge >= 0.3 is 0 Å². The van der Waals surface area contributed by atoms with E-state index in [-0.39, 0.29) is 24.4 Å². The van der Waals surface area contributed by atoms with Crippen LogP contribution in [-0.4, -0.2) is 44.5 Å². The molecule has 0 spiro atoms. The Balaban J connectivity index is 2.28. The Hall–Kier alpha value is -2.08. The van der Waals surface area contributed by atoms with Gasteiger partial charge in [-0.25, -0.2) is 0 Å². The first-order chi connectivity index (χ1) is 10.1. The molecule has 1 aliphatic rings. The molecule has 1 saturated heterocycles. The standard InChI is InChI=1S/C15H20N2O4/c1-16-12(9-17-14(18)6-7-15(17)19)11-8-10(20-2)4-5-13(11)21-3/h4-5,8,12,16H,6-7,9H2,1-3H3. The highest BCUT2D eigenvalue weighted by molar-refractivity contribution is 6.01. The predicted octanol–water partition coefficient (Wildman–Crippen LogP) is 1.11. The van der Waals surface area contributed by atoms with Crippen LogP contribution in [0.25, 0.3) is 0 Å². The number of ether oxygens (including phenoxy) is 2. The lowest BCUT2D eigenvalue weighted by Crippen LogP contribution is -2.37. The van der Waals surface area contributed by atoms with E-state index in [9.17, 15) is 9.59 Å². The van der Waals surface area contributed by atoms with E-state index in [2.05, 4.69) is 5.32 Å². The molecule has 1 aliphatic heterocycles. The molecule has 0 saturated carbocycles. The van der Waals surface area contributed by atoms with Crippen LogP contribution >= 0.6 is 0 Å². The van der Waals surface area contributed by atoms with Crippen molar-refractivity contribution in [3.8, 4) is 11.5 Å². The number of amides is 2. The van der Waals surface area contributed by atoms with E-state index in [4.69, 9.17) is 9.47 Å². The number of hydrogen-bond acceptors (Lipinski definition) is 5. The summed E-state index contributed by atoms with van der Waals surface area (Å²) in [5, 5.41) is 3.13. The molecule has 1 fully saturated rings. The fourth-order valence-corrected chi connectivity index (χ4v) is 2.47. The molecule has 1 aromatic rings. The average molecular weight is 292 g/mol. The Labute approximate surface area is 124 Å². The van der Waals surface area contributed by atoms with Crippen molar-refractivity contribution in [1.82, 2.24) is 10.2 Å². The molecule has 2 rings (SSSR count). The van der Waals surface area contributed by atoms with Crippen molar-refractivity contribution in [2.75, 3.05) is 27.8 Å². The summed E-state index contributed by atoms with van der Waals surface area (Å²) in [6, 6.07) is 5.26. The lowest BCUT2D eigenvalue weighted by atomic mass is 10.0. The zero-order chi connectivity index (χ0) is 15.4. The second-order valence-electron chi connectivity index (χ2n) is 4.85. The summed E-state index contributed by atoms with van der Waals surface area (Å²) in [6.07, 6.45) is 0.592. The number of rotatable bonds is 6. The summed E-state index contributed by atoms with van der Waals surface area (Å²) < 4.78 is 10.6. The Kier molecular flexibility index (Phi) is 4.80. The van der Waals surface area contributed by atoms with Crippen molar-refractivity contribution in [2.24, 2.45) is 0 Å². The van der Waals surface area contributed by atoms with Crippen LogP contribution in [0.15, 0.2) is 18.2 Å². The van der Waals surface area contributed by atoms with E-state index in [0.717, 1.165) is 5.56 Å². The normalized spacial score (nSPS) is 16.2. The molecule has 1 N–H and O–H groups in total. The first-order valence-corrected chi connectivity index (χ1v) is 6.83. The molecule has 1 aromatic carbocycles. The Morgan fingerprint density at radius 1 is 1.19 bits per heavy atom. The Morgan fingerprint density at radius 2 is 1.86 bits per heavy atom. The second-order valence-corrected chi connectivity index (χ2v) is 4.85. The fraction of sp³-hybridized carbons (Fsp3) is 0.467. The predicted molar refractivity (Wildman–Crippen MR) is 77.3 cm³/mol. The van der Waals surface area contributed by atoms with Gasteiger partial charge in [0.25, 0.3) is 0 Å². The molecule has 21 heavy (non-hydrogen) atoms. The van der Waals surface area contributed by atoms with Crippen molar-refractivity contribution in [3.05, 3.63) is 23.8 Å². The number of carbonyl (C=O) groups excluding carboxylic acids is 2. The number of imide groups is 1. The molecular formula is C15H20N2O4. The van der Waals surface area contributed by atoms with E-state index < -0.39 is 0 Å². The van der Waals surface area contributed by atoms with Crippen molar-refractivity contribution >= 4 is 11.8 Å². The summed E-state index contributed by atoms with van der Waals surface area (Å²) in [4.78, 5) is 24.8. The quantitative estimate of drug-likeness (QED) is 0.796. The molecule has 2 amide bonds. The van der Waals surface area contributed by atoms with Gasteiger partial charge in [-0.05, 0) is 25.2 Å². The van der Waals surface area contributed by atoms with Gasteiger partial charge in [0.05, 0.1) is 20.3 Å². The molecule has 0 aromatic heterocycles. The third-order valence-electron chi connectivity index (χ3n) is 3.68. The van der Waals surface area contributed by atoms with Crippen LogP contribution in [-0.2, 0) is 9.59 Å². The van der Waals surface area contributed by atoms with Gasteiger partial charge in [0.2, 0.25) is 11.8 Å². The van der Waals surface area contributed by atoms with Crippen LogP contribution in [0.1, 0.15) is 24.4 Å². The molecule has 6 heteroatoms. The summed E-state index contributed by atoms with van der Waals surface area (Å²) in [7, 11) is 4.96. The number of methoxy groups -OCH3 is 2. The van der Waals surface area contributed by atoms with E-state index in [1.165, 1.54) is 4.90 Å². The minimum absolute atomic E-state index is 0.123. The topological polar surface area (TPSA) is 67.9 Å². The highest BCUT2D eigenvalue weighted by Gasteiger charge is 2.31. The summed E-state index contributed by atoms with van der Waals surface area (Å²) in [6.45, 7) is 0.289. The van der Waals surface area contributed by atoms with Crippen LogP contribution < -0.4 is 14.8 Å². The van der Waals surface area contributed by atoms with Crippen LogP contribution in [0, 0.1) is 0 Å². The lowest BCUT2D eigenvalue weighted by Gasteiger charge is -2.24. The van der Waals surface area contributed by atoms with E-state index in [1.807, 2.05) is 12.1 Å². The van der Waals surface area contributed by atoms with Crippen molar-refractivity contribution in [3.63, 3.8) is 0 Å².